The van der Waals surface area contributed by atoms with Crippen LogP contribution in [0.4, 0.5) is 4.39 Å². The van der Waals surface area contributed by atoms with Gasteiger partial charge in [-0.3, -0.25) is 14.6 Å². The molecule has 1 atom stereocenters. The van der Waals surface area contributed by atoms with Crippen LogP contribution in [0, 0.1) is 5.82 Å². The summed E-state index contributed by atoms with van der Waals surface area (Å²) in [6, 6.07) is 10.6. The van der Waals surface area contributed by atoms with Crippen LogP contribution in [-0.4, -0.2) is 54.8 Å². The number of benzene rings is 2. The largest absolute Gasteiger partial charge is 0.303 e. The van der Waals surface area contributed by atoms with Crippen LogP contribution in [0.2, 0.25) is 0 Å². The van der Waals surface area contributed by atoms with Crippen LogP contribution < -0.4 is 0 Å². The third kappa shape index (κ3) is 7.32. The van der Waals surface area contributed by atoms with Crippen molar-refractivity contribution in [3.63, 3.8) is 0 Å². The highest BCUT2D eigenvalue weighted by Gasteiger charge is 2.18. The van der Waals surface area contributed by atoms with Gasteiger partial charge >= 0.3 is 0 Å². The summed E-state index contributed by atoms with van der Waals surface area (Å²) in [5.74, 6) is 0.400. The van der Waals surface area contributed by atoms with E-state index in [4.69, 9.17) is 0 Å². The van der Waals surface area contributed by atoms with Gasteiger partial charge in [-0.1, -0.05) is 30.7 Å². The van der Waals surface area contributed by atoms with Crippen LogP contribution >= 0.6 is 11.8 Å². The molecule has 0 spiro atoms. The zero-order chi connectivity index (χ0) is 24.3. The lowest BCUT2D eigenvalue weighted by molar-refractivity contribution is -0.113. The van der Waals surface area contributed by atoms with E-state index in [0.29, 0.717) is 37.2 Å². The molecule has 1 aliphatic rings. The molecule has 1 fully saturated rings. The second kappa shape index (κ2) is 13.5. The van der Waals surface area contributed by atoms with E-state index >= 15 is 0 Å². The third-order valence-electron chi connectivity index (χ3n) is 6.36. The highest BCUT2D eigenvalue weighted by molar-refractivity contribution is 7.98. The lowest BCUT2D eigenvalue weighted by atomic mass is 10.1. The summed E-state index contributed by atoms with van der Waals surface area (Å²) in [7, 11) is 1.82. The summed E-state index contributed by atoms with van der Waals surface area (Å²) in [6.07, 6.45) is 6.84. The summed E-state index contributed by atoms with van der Waals surface area (Å²) < 4.78 is 14.8. The maximum absolute atomic E-state index is 14.8. The van der Waals surface area contributed by atoms with Crippen molar-refractivity contribution in [2.75, 3.05) is 20.1 Å². The van der Waals surface area contributed by atoms with E-state index in [1.165, 1.54) is 19.3 Å². The first-order valence-corrected chi connectivity index (χ1v) is 12.8. The average molecular weight is 485 g/mol. The molecule has 3 rings (SSSR count). The lowest BCUT2D eigenvalue weighted by Crippen LogP contribution is -2.33. The number of halogens is 1. The molecule has 0 radical (unpaired) electrons. The first kappa shape index (κ1) is 26.3. The van der Waals surface area contributed by atoms with E-state index in [0.717, 1.165) is 53.5 Å². The van der Waals surface area contributed by atoms with Gasteiger partial charge in [0.05, 0.1) is 6.04 Å². The molecule has 1 saturated heterocycles. The number of hydrogen-bond donors (Lipinski definition) is 0. The van der Waals surface area contributed by atoms with Gasteiger partial charge in [0.1, 0.15) is 24.7 Å². The normalized spacial score (nSPS) is 15.3. The Morgan fingerprint density at radius 2 is 1.91 bits per heavy atom. The lowest BCUT2D eigenvalue weighted by Gasteiger charge is -2.26. The number of carbonyl (C=O) groups is 3. The minimum atomic E-state index is -0.399. The molecule has 0 aliphatic carbocycles. The summed E-state index contributed by atoms with van der Waals surface area (Å²) in [5.41, 5.74) is 3.03. The predicted molar refractivity (Wildman–Crippen MR) is 134 cm³/mol. The Hall–Kier alpha value is -2.35. The van der Waals surface area contributed by atoms with Gasteiger partial charge < -0.3 is 9.59 Å². The van der Waals surface area contributed by atoms with Gasteiger partial charge in [0.2, 0.25) is 0 Å². The van der Waals surface area contributed by atoms with Crippen LogP contribution in [0.1, 0.15) is 59.2 Å². The monoisotopic (exact) mass is 484 g/mol. The Morgan fingerprint density at radius 1 is 1.12 bits per heavy atom. The molecular formula is C27H33FN2O3S. The number of nitrogens with zero attached hydrogens (tertiary/aromatic N) is 2. The second-order valence-corrected chi connectivity index (χ2v) is 9.87. The van der Waals surface area contributed by atoms with Gasteiger partial charge in [-0.25, -0.2) is 4.39 Å². The van der Waals surface area contributed by atoms with E-state index < -0.39 is 6.04 Å². The summed E-state index contributed by atoms with van der Waals surface area (Å²) in [5, 5.41) is 0. The Balaban J connectivity index is 1.69. The fraction of sp³-hybridized carbons (Fsp3) is 0.444. The number of likely N-dealkylation sites (N-methyl/N-ethyl adjacent to an activating group) is 1. The van der Waals surface area contributed by atoms with Crippen LogP contribution in [0.3, 0.4) is 0 Å². The molecule has 182 valence electrons. The number of carbonyl (C=O) groups excluding carboxylic acids is 3. The average Bonchev–Trinajstić information content (AvgIpc) is 2.86. The molecule has 1 heterocycles. The summed E-state index contributed by atoms with van der Waals surface area (Å²) in [6.45, 7) is 3.12. The van der Waals surface area contributed by atoms with Crippen LogP contribution in [0.15, 0.2) is 41.3 Å². The molecule has 0 aromatic heterocycles. The number of piperidine rings is 1. The highest BCUT2D eigenvalue weighted by Crippen LogP contribution is 2.30. The second-order valence-electron chi connectivity index (χ2n) is 8.86. The fourth-order valence-corrected chi connectivity index (χ4v) is 5.36. The van der Waals surface area contributed by atoms with E-state index in [1.807, 2.05) is 36.2 Å². The zero-order valence-electron chi connectivity index (χ0n) is 19.7. The van der Waals surface area contributed by atoms with Crippen molar-refractivity contribution in [3.8, 4) is 0 Å². The third-order valence-corrected chi connectivity index (χ3v) is 7.53. The number of aldehydes is 3. The molecule has 5 nitrogen and oxygen atoms in total. The van der Waals surface area contributed by atoms with E-state index in [2.05, 4.69) is 4.90 Å². The Labute approximate surface area is 205 Å². The van der Waals surface area contributed by atoms with Gasteiger partial charge in [0.25, 0.3) is 0 Å². The Bertz CT molecular complexity index is 978. The smallest absolute Gasteiger partial charge is 0.150 e. The molecular weight excluding hydrogens is 451 g/mol. The minimum absolute atomic E-state index is 0.172. The predicted octanol–water partition coefficient (Wildman–Crippen LogP) is 4.89. The Kier molecular flexibility index (Phi) is 10.4. The van der Waals surface area contributed by atoms with Crippen molar-refractivity contribution in [2.24, 2.45) is 0 Å². The van der Waals surface area contributed by atoms with E-state index in [9.17, 15) is 18.8 Å². The molecule has 0 N–H and O–H groups in total. The van der Waals surface area contributed by atoms with Crippen LogP contribution in [-0.2, 0) is 28.4 Å². The SMILES string of the molecule is CN(Cc1c(C=O)cccc1SCc1ccc(CN2CCCCC2)c(F)c1)C(C=O)CCC=O. The highest BCUT2D eigenvalue weighted by atomic mass is 32.2. The van der Waals surface area contributed by atoms with E-state index in [1.54, 1.807) is 23.9 Å². The molecule has 34 heavy (non-hydrogen) atoms. The number of rotatable bonds is 13. The van der Waals surface area contributed by atoms with Crippen molar-refractivity contribution >= 4 is 30.6 Å². The van der Waals surface area contributed by atoms with Crippen LogP contribution in [0.5, 0.6) is 0 Å². The first-order valence-electron chi connectivity index (χ1n) is 11.8. The topological polar surface area (TPSA) is 57.7 Å². The molecule has 2 aromatic carbocycles. The molecule has 1 aliphatic heterocycles. The number of hydrogen-bond acceptors (Lipinski definition) is 6. The molecule has 7 heteroatoms. The molecule has 0 bridgehead atoms. The molecule has 0 amide bonds. The first-order chi connectivity index (χ1) is 16.5. The fourth-order valence-electron chi connectivity index (χ4n) is 4.32. The maximum atomic E-state index is 14.8. The molecule has 0 saturated carbocycles. The standard InChI is InChI=1S/C27H33FN2O3S/c1-29(24(19-33)8-6-14-31)17-25-23(18-32)7-5-9-27(25)34-20-21-10-11-22(26(28)15-21)16-30-12-3-2-4-13-30/h5,7,9-11,14-15,18-19,24H,2-4,6,8,12-13,16-17,20H2,1H3. The molecule has 2 aromatic rings. The summed E-state index contributed by atoms with van der Waals surface area (Å²) in [4.78, 5) is 39.0. The minimum Gasteiger partial charge on any atom is -0.303 e. The number of thioether (sulfide) groups is 1. The quantitative estimate of drug-likeness (QED) is 0.298. The van der Waals surface area contributed by atoms with Crippen molar-refractivity contribution in [3.05, 3.63) is 64.5 Å². The van der Waals surface area contributed by atoms with Crippen molar-refractivity contribution in [2.45, 2.75) is 61.9 Å². The maximum Gasteiger partial charge on any atom is 0.150 e. The Morgan fingerprint density at radius 3 is 2.59 bits per heavy atom. The van der Waals surface area contributed by atoms with Crippen LogP contribution in [0.25, 0.3) is 0 Å². The van der Waals surface area contributed by atoms with Gasteiger partial charge in [-0.05, 0) is 62.7 Å². The van der Waals surface area contributed by atoms with Gasteiger partial charge in [0.15, 0.2) is 0 Å². The molecule has 1 unspecified atom stereocenters. The van der Waals surface area contributed by atoms with Gasteiger partial charge in [-0.15, -0.1) is 11.8 Å². The van der Waals surface area contributed by atoms with Gasteiger partial charge in [-0.2, -0.15) is 0 Å². The number of likely N-dealkylation sites (tertiary alicyclic amines) is 1. The van der Waals surface area contributed by atoms with Crippen molar-refractivity contribution in [1.29, 1.82) is 0 Å². The van der Waals surface area contributed by atoms with Crippen molar-refractivity contribution < 1.29 is 18.8 Å². The van der Waals surface area contributed by atoms with E-state index in [-0.39, 0.29) is 5.82 Å². The summed E-state index contributed by atoms with van der Waals surface area (Å²) >= 11 is 1.55. The van der Waals surface area contributed by atoms with Gasteiger partial charge in [0, 0.05) is 41.3 Å². The van der Waals surface area contributed by atoms with Crippen molar-refractivity contribution in [1.82, 2.24) is 9.80 Å². The zero-order valence-corrected chi connectivity index (χ0v) is 20.6.